The van der Waals surface area contributed by atoms with Crippen LogP contribution in [0.1, 0.15) is 19.4 Å². The number of carbonyl (C=O) groups excluding carboxylic acids is 2. The number of ether oxygens (including phenoxy) is 1. The van der Waals surface area contributed by atoms with Gasteiger partial charge in [-0.3, -0.25) is 4.84 Å². The molecule has 25 heavy (non-hydrogen) atoms. The molecule has 0 saturated carbocycles. The first-order chi connectivity index (χ1) is 12.0. The second kappa shape index (κ2) is 8.63. The maximum atomic E-state index is 11.6. The van der Waals surface area contributed by atoms with Crippen molar-refractivity contribution in [2.45, 2.75) is 13.8 Å². The van der Waals surface area contributed by atoms with Crippen molar-refractivity contribution in [1.29, 1.82) is 0 Å². The van der Waals surface area contributed by atoms with Crippen LogP contribution in [-0.2, 0) is 14.4 Å². The van der Waals surface area contributed by atoms with E-state index in [-0.39, 0.29) is 13.2 Å². The van der Waals surface area contributed by atoms with Gasteiger partial charge >= 0.3 is 12.1 Å². The number of esters is 1. The Labute approximate surface area is 146 Å². The summed E-state index contributed by atoms with van der Waals surface area (Å²) in [6.07, 6.45) is -0.716. The maximum absolute atomic E-state index is 11.6. The van der Waals surface area contributed by atoms with E-state index >= 15 is 0 Å². The molecule has 0 bridgehead atoms. The number of benzene rings is 2. The minimum Gasteiger partial charge on any atom is -0.460 e. The second-order valence-electron chi connectivity index (χ2n) is 5.46. The van der Waals surface area contributed by atoms with Crippen molar-refractivity contribution < 1.29 is 19.2 Å². The molecule has 130 valence electrons. The van der Waals surface area contributed by atoms with E-state index < -0.39 is 12.1 Å². The zero-order valence-electron chi connectivity index (χ0n) is 14.2. The molecule has 1 amide bonds. The lowest BCUT2D eigenvalue weighted by Gasteiger charge is -2.06. The summed E-state index contributed by atoms with van der Waals surface area (Å²) in [5.41, 5.74) is 1.75. The van der Waals surface area contributed by atoms with Gasteiger partial charge in [0, 0.05) is 5.57 Å². The van der Waals surface area contributed by atoms with E-state index in [0.29, 0.717) is 11.3 Å². The van der Waals surface area contributed by atoms with Crippen LogP contribution in [0.2, 0.25) is 0 Å². The number of hydrogen-bond acceptors (Lipinski definition) is 5. The lowest BCUT2D eigenvalue weighted by Crippen LogP contribution is -2.27. The molecule has 6 nitrogen and oxygen atoms in total. The molecule has 2 aromatic carbocycles. The number of nitrogens with one attached hydrogen (secondary N) is 1. The quantitative estimate of drug-likeness (QED) is 0.218. The van der Waals surface area contributed by atoms with Crippen LogP contribution in [-0.4, -0.2) is 30.9 Å². The number of fused-ring (bicyclic) bond motifs is 1. The molecule has 0 aromatic heterocycles. The summed E-state index contributed by atoms with van der Waals surface area (Å²) in [5, 5.41) is 8.47. The number of oxime groups is 1. The van der Waals surface area contributed by atoms with Gasteiger partial charge in [0.05, 0.1) is 12.3 Å². The summed E-state index contributed by atoms with van der Waals surface area (Å²) < 4.78 is 4.85. The summed E-state index contributed by atoms with van der Waals surface area (Å²) in [6, 6.07) is 13.8. The van der Waals surface area contributed by atoms with Gasteiger partial charge in [0.15, 0.2) is 0 Å². The molecule has 0 radical (unpaired) electrons. The molecular formula is C19H20N2O4. The van der Waals surface area contributed by atoms with Gasteiger partial charge < -0.3 is 10.1 Å². The Balaban J connectivity index is 1.84. The van der Waals surface area contributed by atoms with Crippen LogP contribution < -0.4 is 5.32 Å². The topological polar surface area (TPSA) is 77.0 Å². The van der Waals surface area contributed by atoms with Gasteiger partial charge in [-0.25, -0.2) is 9.59 Å². The smallest absolute Gasteiger partial charge is 0.433 e. The Morgan fingerprint density at radius 3 is 2.56 bits per heavy atom. The molecule has 0 unspecified atom stereocenters. The predicted octanol–water partition coefficient (Wildman–Crippen LogP) is 3.41. The third-order valence-electron chi connectivity index (χ3n) is 3.39. The number of nitrogens with zero attached hydrogens (tertiary/aromatic N) is 1. The summed E-state index contributed by atoms with van der Waals surface area (Å²) in [7, 11) is 0. The first-order valence-electron chi connectivity index (χ1n) is 7.78. The van der Waals surface area contributed by atoms with Crippen LogP contribution in [0.4, 0.5) is 4.79 Å². The van der Waals surface area contributed by atoms with E-state index in [2.05, 4.69) is 17.1 Å². The summed E-state index contributed by atoms with van der Waals surface area (Å²) in [4.78, 5) is 27.5. The molecule has 0 spiro atoms. The Bertz CT molecular complexity index is 827. The minimum atomic E-state index is -0.716. The maximum Gasteiger partial charge on any atom is 0.433 e. The number of hydrogen-bond donors (Lipinski definition) is 1. The predicted molar refractivity (Wildman–Crippen MR) is 96.4 cm³/mol. The molecule has 0 fully saturated rings. The molecule has 0 atom stereocenters. The van der Waals surface area contributed by atoms with Gasteiger partial charge in [-0.2, -0.15) is 0 Å². The number of amides is 1. The van der Waals surface area contributed by atoms with Crippen molar-refractivity contribution in [3.05, 3.63) is 60.2 Å². The minimum absolute atomic E-state index is 0.0359. The lowest BCUT2D eigenvalue weighted by atomic mass is 10.0. The average Bonchev–Trinajstić information content (AvgIpc) is 2.62. The van der Waals surface area contributed by atoms with Crippen LogP contribution in [0, 0.1) is 0 Å². The van der Waals surface area contributed by atoms with Crippen LogP contribution in [0.3, 0.4) is 0 Å². The highest BCUT2D eigenvalue weighted by Crippen LogP contribution is 2.16. The Morgan fingerprint density at radius 2 is 1.84 bits per heavy atom. The van der Waals surface area contributed by atoms with Crippen molar-refractivity contribution in [1.82, 2.24) is 5.32 Å². The average molecular weight is 340 g/mol. The normalized spacial score (nSPS) is 11.0. The fourth-order valence-corrected chi connectivity index (χ4v) is 2.03. The van der Waals surface area contributed by atoms with Crippen LogP contribution >= 0.6 is 0 Å². The van der Waals surface area contributed by atoms with Crippen molar-refractivity contribution in [2.75, 3.05) is 13.2 Å². The van der Waals surface area contributed by atoms with E-state index in [4.69, 9.17) is 9.57 Å². The van der Waals surface area contributed by atoms with Crippen LogP contribution in [0.15, 0.2) is 59.8 Å². The molecule has 1 N–H and O–H groups in total. The summed E-state index contributed by atoms with van der Waals surface area (Å²) in [6.45, 7) is 6.93. The number of rotatable bonds is 6. The third kappa shape index (κ3) is 5.46. The molecule has 2 aromatic rings. The first kappa shape index (κ1) is 18.2. The lowest BCUT2D eigenvalue weighted by molar-refractivity contribution is -0.138. The van der Waals surface area contributed by atoms with Gasteiger partial charge in [-0.05, 0) is 36.2 Å². The summed E-state index contributed by atoms with van der Waals surface area (Å²) >= 11 is 0. The van der Waals surface area contributed by atoms with E-state index in [9.17, 15) is 9.59 Å². The first-order valence-corrected chi connectivity index (χ1v) is 7.78. The van der Waals surface area contributed by atoms with Gasteiger partial charge in [-0.15, -0.1) is 0 Å². The zero-order chi connectivity index (χ0) is 18.2. The van der Waals surface area contributed by atoms with Crippen LogP contribution in [0.25, 0.3) is 10.8 Å². The van der Waals surface area contributed by atoms with E-state index in [1.54, 1.807) is 13.8 Å². The van der Waals surface area contributed by atoms with Gasteiger partial charge in [-0.1, -0.05) is 48.1 Å². The van der Waals surface area contributed by atoms with E-state index in [1.165, 1.54) is 0 Å². The highest BCUT2D eigenvalue weighted by molar-refractivity contribution is 6.01. The second-order valence-corrected chi connectivity index (χ2v) is 5.46. The molecular weight excluding hydrogens is 320 g/mol. The van der Waals surface area contributed by atoms with Crippen molar-refractivity contribution in [3.63, 3.8) is 0 Å². The highest BCUT2D eigenvalue weighted by atomic mass is 16.7. The molecule has 0 aliphatic heterocycles. The monoisotopic (exact) mass is 340 g/mol. The molecule has 0 heterocycles. The van der Waals surface area contributed by atoms with Crippen molar-refractivity contribution >= 4 is 28.5 Å². The van der Waals surface area contributed by atoms with Gasteiger partial charge in [0.2, 0.25) is 0 Å². The van der Waals surface area contributed by atoms with Gasteiger partial charge in [0.25, 0.3) is 0 Å². The highest BCUT2D eigenvalue weighted by Gasteiger charge is 2.06. The SMILES string of the molecule is C=C(C)C(=O)OCCNC(=O)O/N=C(\C)c1ccc2ccccc2c1. The standard InChI is InChI=1S/C19H20N2O4/c1-13(2)18(22)24-11-10-20-19(23)25-21-14(3)16-9-8-15-6-4-5-7-17(15)12-16/h4-9,12H,1,10-11H2,2-3H3,(H,20,23)/b21-14+. The van der Waals surface area contributed by atoms with Crippen LogP contribution in [0.5, 0.6) is 0 Å². The fraction of sp³-hybridized carbons (Fsp3) is 0.211. The number of carbonyl (C=O) groups is 2. The van der Waals surface area contributed by atoms with Crippen molar-refractivity contribution in [3.8, 4) is 0 Å². The molecule has 2 rings (SSSR count). The molecule has 0 aliphatic rings. The largest absolute Gasteiger partial charge is 0.460 e. The molecule has 0 saturated heterocycles. The van der Waals surface area contributed by atoms with Crippen molar-refractivity contribution in [2.24, 2.45) is 5.16 Å². The fourth-order valence-electron chi connectivity index (χ4n) is 2.03. The third-order valence-corrected chi connectivity index (χ3v) is 3.39. The Hall–Kier alpha value is -3.15. The zero-order valence-corrected chi connectivity index (χ0v) is 14.2. The molecule has 6 heteroatoms. The summed E-state index contributed by atoms with van der Waals surface area (Å²) in [5.74, 6) is -0.500. The van der Waals surface area contributed by atoms with Gasteiger partial charge in [0.1, 0.15) is 6.61 Å². The molecule has 0 aliphatic carbocycles. The Morgan fingerprint density at radius 1 is 1.12 bits per heavy atom. The Kier molecular flexibility index (Phi) is 6.28. The van der Waals surface area contributed by atoms with E-state index in [0.717, 1.165) is 16.3 Å². The van der Waals surface area contributed by atoms with E-state index in [1.807, 2.05) is 42.5 Å².